The van der Waals surface area contributed by atoms with Gasteiger partial charge in [-0.3, -0.25) is 4.79 Å². The molecule has 0 aliphatic heterocycles. The molecule has 0 aliphatic carbocycles. The number of aromatic nitrogens is 2. The fourth-order valence-corrected chi connectivity index (χ4v) is 3.25. The first-order valence-corrected chi connectivity index (χ1v) is 10.3. The second kappa shape index (κ2) is 9.66. The topological polar surface area (TPSA) is 66.9 Å². The van der Waals surface area contributed by atoms with Gasteiger partial charge in [-0.1, -0.05) is 57.5 Å². The maximum atomic E-state index is 13.8. The Balaban J connectivity index is 1.47. The molecule has 1 heterocycles. The van der Waals surface area contributed by atoms with Crippen LogP contribution in [-0.2, 0) is 11.3 Å². The molecular weight excluding hydrogens is 443 g/mol. The van der Waals surface area contributed by atoms with Crippen molar-refractivity contribution in [2.24, 2.45) is 0 Å². The predicted octanol–water partition coefficient (Wildman–Crippen LogP) is 5.03. The van der Waals surface area contributed by atoms with Crippen molar-refractivity contribution in [2.75, 3.05) is 16.4 Å². The number of nitrogens with one attached hydrogen (secondary N) is 2. The maximum Gasteiger partial charge on any atom is 0.234 e. The van der Waals surface area contributed by atoms with Crippen molar-refractivity contribution in [3.05, 3.63) is 76.0 Å². The van der Waals surface area contributed by atoms with Crippen LogP contribution in [0.15, 0.2) is 64.1 Å². The highest BCUT2D eigenvalue weighted by molar-refractivity contribution is 9.10. The Bertz CT molecular complexity index is 951. The van der Waals surface area contributed by atoms with E-state index in [-0.39, 0.29) is 17.3 Å². The highest BCUT2D eigenvalue weighted by Gasteiger charge is 2.09. The Hall–Kier alpha value is -2.45. The van der Waals surface area contributed by atoms with Crippen molar-refractivity contribution in [3.8, 4) is 0 Å². The first-order valence-electron chi connectivity index (χ1n) is 8.50. The molecule has 0 aliphatic rings. The number of rotatable bonds is 7. The number of benzene rings is 2. The molecule has 1 amide bonds. The highest BCUT2D eigenvalue weighted by Crippen LogP contribution is 2.21. The molecule has 0 atom stereocenters. The van der Waals surface area contributed by atoms with Crippen molar-refractivity contribution in [2.45, 2.75) is 18.5 Å². The molecule has 0 saturated carbocycles. The van der Waals surface area contributed by atoms with Crippen LogP contribution < -0.4 is 10.6 Å². The fourth-order valence-electron chi connectivity index (χ4n) is 2.31. The monoisotopic (exact) mass is 460 g/mol. The van der Waals surface area contributed by atoms with E-state index in [1.54, 1.807) is 12.1 Å². The summed E-state index contributed by atoms with van der Waals surface area (Å²) in [5.74, 6) is -0.0298. The largest absolute Gasteiger partial charge is 0.365 e. The minimum absolute atomic E-state index is 0.111. The number of hydrogen-bond acceptors (Lipinski definition) is 5. The van der Waals surface area contributed by atoms with Crippen molar-refractivity contribution in [1.82, 2.24) is 10.2 Å². The quantitative estimate of drug-likeness (QED) is 0.484. The zero-order valence-corrected chi connectivity index (χ0v) is 17.5. The third kappa shape index (κ3) is 6.03. The minimum Gasteiger partial charge on any atom is -0.365 e. The molecule has 2 aromatic carbocycles. The minimum atomic E-state index is -0.489. The Kier molecular flexibility index (Phi) is 7.00. The lowest BCUT2D eigenvalue weighted by Gasteiger charge is -2.07. The summed E-state index contributed by atoms with van der Waals surface area (Å²) < 4.78 is 14.4. The Labute approximate surface area is 175 Å². The van der Waals surface area contributed by atoms with Gasteiger partial charge in [0, 0.05) is 11.0 Å². The second-order valence-corrected chi connectivity index (χ2v) is 7.97. The van der Waals surface area contributed by atoms with Gasteiger partial charge < -0.3 is 10.6 Å². The van der Waals surface area contributed by atoms with Crippen LogP contribution in [0.2, 0.25) is 0 Å². The lowest BCUT2D eigenvalue weighted by atomic mass is 10.1. The fraction of sp³-hybridized carbons (Fsp3) is 0.150. The number of carbonyl (C=O) groups excluding carboxylic acids is 1. The molecule has 0 spiro atoms. The summed E-state index contributed by atoms with van der Waals surface area (Å²) in [6.07, 6.45) is 0. The molecule has 8 heteroatoms. The van der Waals surface area contributed by atoms with Gasteiger partial charge in [0.2, 0.25) is 5.91 Å². The molecular formula is C20H18BrFN4OS. The number of hydrogen-bond donors (Lipinski definition) is 2. The predicted molar refractivity (Wildman–Crippen MR) is 114 cm³/mol. The van der Waals surface area contributed by atoms with Gasteiger partial charge >= 0.3 is 0 Å². The van der Waals surface area contributed by atoms with E-state index < -0.39 is 5.82 Å². The molecule has 28 heavy (non-hydrogen) atoms. The number of aryl methyl sites for hydroxylation is 1. The highest BCUT2D eigenvalue weighted by atomic mass is 79.9. The molecule has 0 saturated heterocycles. The van der Waals surface area contributed by atoms with E-state index in [1.807, 2.05) is 6.07 Å². The van der Waals surface area contributed by atoms with E-state index >= 15 is 0 Å². The second-order valence-electron chi connectivity index (χ2n) is 6.06. The molecule has 1 aromatic heterocycles. The lowest BCUT2D eigenvalue weighted by Crippen LogP contribution is -2.15. The van der Waals surface area contributed by atoms with Gasteiger partial charge in [-0.05, 0) is 42.8 Å². The van der Waals surface area contributed by atoms with Crippen LogP contribution >= 0.6 is 27.7 Å². The summed E-state index contributed by atoms with van der Waals surface area (Å²) in [4.78, 5) is 12.0. The first-order chi connectivity index (χ1) is 13.5. The van der Waals surface area contributed by atoms with Crippen LogP contribution in [0.5, 0.6) is 0 Å². The molecule has 0 bridgehead atoms. The van der Waals surface area contributed by atoms with Crippen LogP contribution in [0, 0.1) is 12.7 Å². The molecule has 0 unspecified atom stereocenters. The van der Waals surface area contributed by atoms with Crippen LogP contribution in [0.3, 0.4) is 0 Å². The summed E-state index contributed by atoms with van der Waals surface area (Å²) in [5.41, 5.74) is 2.52. The zero-order chi connectivity index (χ0) is 19.9. The third-order valence-electron chi connectivity index (χ3n) is 3.79. The number of thioether (sulfide) groups is 1. The number of nitrogens with zero attached hydrogens (tertiary/aromatic N) is 2. The summed E-state index contributed by atoms with van der Waals surface area (Å²) in [7, 11) is 0. The average molecular weight is 461 g/mol. The number of anilines is 2. The summed E-state index contributed by atoms with van der Waals surface area (Å²) in [6, 6.07) is 16.3. The molecule has 3 aromatic rings. The van der Waals surface area contributed by atoms with E-state index in [9.17, 15) is 9.18 Å². The normalized spacial score (nSPS) is 10.5. The SMILES string of the molecule is Cc1ccc(CNc2ccc(SCC(=O)Nc3ccc(Br)cc3F)nn2)cc1. The van der Waals surface area contributed by atoms with Gasteiger partial charge in [-0.2, -0.15) is 0 Å². The Morgan fingerprint density at radius 3 is 2.57 bits per heavy atom. The van der Waals surface area contributed by atoms with Crippen molar-refractivity contribution in [1.29, 1.82) is 0 Å². The molecule has 3 rings (SSSR count). The van der Waals surface area contributed by atoms with Gasteiger partial charge in [-0.25, -0.2) is 4.39 Å². The smallest absolute Gasteiger partial charge is 0.234 e. The van der Waals surface area contributed by atoms with Gasteiger partial charge in [-0.15, -0.1) is 10.2 Å². The van der Waals surface area contributed by atoms with E-state index in [4.69, 9.17) is 0 Å². The zero-order valence-electron chi connectivity index (χ0n) is 15.1. The van der Waals surface area contributed by atoms with Crippen LogP contribution in [-0.4, -0.2) is 21.9 Å². The number of halogens is 2. The lowest BCUT2D eigenvalue weighted by molar-refractivity contribution is -0.113. The van der Waals surface area contributed by atoms with Crippen molar-refractivity contribution < 1.29 is 9.18 Å². The summed E-state index contributed by atoms with van der Waals surface area (Å²) in [6.45, 7) is 2.71. The van der Waals surface area contributed by atoms with Crippen LogP contribution in [0.1, 0.15) is 11.1 Å². The van der Waals surface area contributed by atoms with Crippen molar-refractivity contribution >= 4 is 45.1 Å². The number of amides is 1. The van der Waals surface area contributed by atoms with E-state index in [0.29, 0.717) is 21.9 Å². The van der Waals surface area contributed by atoms with Gasteiger partial charge in [0.05, 0.1) is 11.4 Å². The van der Waals surface area contributed by atoms with Crippen molar-refractivity contribution in [3.63, 3.8) is 0 Å². The van der Waals surface area contributed by atoms with Gasteiger partial charge in [0.25, 0.3) is 0 Å². The summed E-state index contributed by atoms with van der Waals surface area (Å²) in [5, 5.41) is 14.6. The van der Waals surface area contributed by atoms with Gasteiger partial charge in [0.1, 0.15) is 16.7 Å². The first kappa shape index (κ1) is 20.3. The Morgan fingerprint density at radius 1 is 1.11 bits per heavy atom. The van der Waals surface area contributed by atoms with E-state index in [2.05, 4.69) is 68.0 Å². The van der Waals surface area contributed by atoms with E-state index in [1.165, 1.54) is 29.5 Å². The maximum absolute atomic E-state index is 13.8. The standard InChI is InChI=1S/C20H18BrFN4OS/c1-13-2-4-14(5-3-13)11-23-18-8-9-20(26-25-18)28-12-19(27)24-17-7-6-15(21)10-16(17)22/h2-10H,11-12H2,1H3,(H,23,25)(H,24,27). The average Bonchev–Trinajstić information content (AvgIpc) is 2.69. The molecule has 2 N–H and O–H groups in total. The molecule has 144 valence electrons. The van der Waals surface area contributed by atoms with Crippen LogP contribution in [0.25, 0.3) is 0 Å². The Morgan fingerprint density at radius 2 is 1.89 bits per heavy atom. The number of carbonyl (C=O) groups is 1. The third-order valence-corrected chi connectivity index (χ3v) is 5.20. The molecule has 5 nitrogen and oxygen atoms in total. The molecule has 0 radical (unpaired) electrons. The summed E-state index contributed by atoms with van der Waals surface area (Å²) >= 11 is 4.42. The van der Waals surface area contributed by atoms with E-state index in [0.717, 1.165) is 5.56 Å². The molecule has 0 fully saturated rings. The van der Waals surface area contributed by atoms with Crippen LogP contribution in [0.4, 0.5) is 15.9 Å². The van der Waals surface area contributed by atoms with Gasteiger partial charge in [0.15, 0.2) is 0 Å².